The third kappa shape index (κ3) is 2.95. The molecule has 96 valence electrons. The van der Waals surface area contributed by atoms with E-state index in [-0.39, 0.29) is 17.8 Å². The Morgan fingerprint density at radius 2 is 2.17 bits per heavy atom. The van der Waals surface area contributed by atoms with Gasteiger partial charge in [-0.2, -0.15) is 4.39 Å². The van der Waals surface area contributed by atoms with Crippen LogP contribution in [0.5, 0.6) is 0 Å². The van der Waals surface area contributed by atoms with Crippen molar-refractivity contribution in [3.05, 3.63) is 41.7 Å². The summed E-state index contributed by atoms with van der Waals surface area (Å²) in [6.07, 6.45) is 1.48. The normalized spacial score (nSPS) is 14.7. The molecule has 1 aliphatic heterocycles. The molecule has 0 atom stereocenters. The van der Waals surface area contributed by atoms with Crippen LogP contribution >= 0.6 is 0 Å². The van der Waals surface area contributed by atoms with Crippen LogP contribution < -0.4 is 10.7 Å². The molecule has 1 aromatic carbocycles. The van der Waals surface area contributed by atoms with Crippen LogP contribution in [0.4, 0.5) is 14.6 Å². The molecular weight excluding hydrogens is 242 g/mol. The average molecular weight is 254 g/mol. The summed E-state index contributed by atoms with van der Waals surface area (Å²) in [6.45, 7) is -0.00374. The maximum Gasteiger partial charge on any atom is 0.239 e. The van der Waals surface area contributed by atoms with Gasteiger partial charge in [-0.3, -0.25) is 0 Å². The maximum atomic E-state index is 12.9. The first-order chi connectivity index (χ1) is 8.69. The molecule has 3 N–H and O–H groups in total. The fraction of sp³-hybridized carbons (Fsp3) is 0.182. The van der Waals surface area contributed by atoms with Crippen molar-refractivity contribution in [2.75, 3.05) is 11.9 Å². The molecule has 0 aliphatic carbocycles. The molecule has 18 heavy (non-hydrogen) atoms. The van der Waals surface area contributed by atoms with E-state index in [0.29, 0.717) is 12.1 Å². The topological polar surface area (TPSA) is 59.9 Å². The summed E-state index contributed by atoms with van der Waals surface area (Å²) in [5.74, 6) is -0.825. The van der Waals surface area contributed by atoms with Crippen LogP contribution in [0.25, 0.3) is 0 Å². The third-order valence-corrected chi connectivity index (χ3v) is 2.33. The molecule has 0 bridgehead atoms. The van der Waals surface area contributed by atoms with Gasteiger partial charge in [-0.05, 0) is 23.4 Å². The zero-order valence-corrected chi connectivity index (χ0v) is 9.40. The van der Waals surface area contributed by atoms with Crippen molar-refractivity contribution in [2.45, 2.75) is 6.42 Å². The lowest BCUT2D eigenvalue weighted by Gasteiger charge is -2.19. The minimum Gasteiger partial charge on any atom is -0.396 e. The monoisotopic (exact) mass is 254 g/mol. The van der Waals surface area contributed by atoms with Gasteiger partial charge in [0.1, 0.15) is 5.82 Å². The van der Waals surface area contributed by atoms with E-state index >= 15 is 0 Å². The van der Waals surface area contributed by atoms with Gasteiger partial charge >= 0.3 is 0 Å². The quantitative estimate of drug-likeness (QED) is 0.712. The second-order valence-electron chi connectivity index (χ2n) is 3.61. The lowest BCUT2D eigenvalue weighted by Crippen LogP contribution is -2.33. The SMILES string of the molecule is OCCc1ccccc1NC1=CC(F)=NN(F)N1. The van der Waals surface area contributed by atoms with Gasteiger partial charge in [0.05, 0.1) is 0 Å². The van der Waals surface area contributed by atoms with Crippen molar-refractivity contribution in [1.29, 1.82) is 0 Å². The molecule has 7 heteroatoms. The maximum absolute atomic E-state index is 12.9. The minimum absolute atomic E-state index is 0.00374. The van der Waals surface area contributed by atoms with Gasteiger partial charge in [-0.15, -0.1) is 0 Å². The highest BCUT2D eigenvalue weighted by atomic mass is 19.2. The summed E-state index contributed by atoms with van der Waals surface area (Å²) in [5.41, 5.74) is 3.70. The van der Waals surface area contributed by atoms with Gasteiger partial charge < -0.3 is 10.4 Å². The van der Waals surface area contributed by atoms with E-state index in [0.717, 1.165) is 11.6 Å². The summed E-state index contributed by atoms with van der Waals surface area (Å²) >= 11 is 0. The Hall–Kier alpha value is -2.15. The number of aliphatic hydroxyl groups excluding tert-OH is 1. The highest BCUT2D eigenvalue weighted by Crippen LogP contribution is 2.18. The summed E-state index contributed by atoms with van der Waals surface area (Å²) in [6, 6.07) is 7.17. The molecule has 2 rings (SSSR count). The predicted octanol–water partition coefficient (Wildman–Crippen LogP) is 1.46. The molecular formula is C11H12F2N4O. The number of hydrogen-bond donors (Lipinski definition) is 3. The summed E-state index contributed by atoms with van der Waals surface area (Å²) in [7, 11) is 0. The lowest BCUT2D eigenvalue weighted by atomic mass is 10.1. The van der Waals surface area contributed by atoms with Crippen molar-refractivity contribution in [3.63, 3.8) is 0 Å². The number of halogens is 2. The van der Waals surface area contributed by atoms with Crippen LogP contribution in [0.15, 0.2) is 41.3 Å². The lowest BCUT2D eigenvalue weighted by molar-refractivity contribution is -0.0198. The summed E-state index contributed by atoms with van der Waals surface area (Å²) < 4.78 is 25.7. The van der Waals surface area contributed by atoms with Gasteiger partial charge in [0.15, 0.2) is 0 Å². The molecule has 0 amide bonds. The molecule has 1 heterocycles. The molecule has 0 spiro atoms. The van der Waals surface area contributed by atoms with Crippen LogP contribution in [-0.4, -0.2) is 23.0 Å². The Bertz CT molecular complexity index is 490. The summed E-state index contributed by atoms with van der Waals surface area (Å²) in [4.78, 5) is 0. The van der Waals surface area contributed by atoms with Gasteiger partial charge in [0.2, 0.25) is 5.97 Å². The molecule has 0 aromatic heterocycles. The third-order valence-electron chi connectivity index (χ3n) is 2.33. The number of nitrogens with one attached hydrogen (secondary N) is 2. The van der Waals surface area contributed by atoms with Crippen LogP contribution in [0.3, 0.4) is 0 Å². The van der Waals surface area contributed by atoms with Gasteiger partial charge in [0, 0.05) is 18.4 Å². The standard InChI is InChI=1S/C11H12F2N4O/c12-10-7-11(16-17(13)15-10)14-9-4-2-1-3-8(9)5-6-18/h1-4,7,14,16,18H,5-6H2. The van der Waals surface area contributed by atoms with Crippen molar-refractivity contribution in [1.82, 2.24) is 10.8 Å². The molecule has 0 saturated heterocycles. The van der Waals surface area contributed by atoms with Gasteiger partial charge in [-0.1, -0.05) is 27.8 Å². The number of hydrazone groups is 1. The Labute approximate surface area is 102 Å². The Morgan fingerprint density at radius 1 is 1.39 bits per heavy atom. The van der Waals surface area contributed by atoms with E-state index < -0.39 is 5.97 Å². The second kappa shape index (κ2) is 5.46. The van der Waals surface area contributed by atoms with Crippen molar-refractivity contribution in [2.24, 2.45) is 5.10 Å². The molecule has 1 aliphatic rings. The Morgan fingerprint density at radius 3 is 2.89 bits per heavy atom. The van der Waals surface area contributed by atoms with Gasteiger partial charge in [0.25, 0.3) is 0 Å². The zero-order valence-electron chi connectivity index (χ0n) is 9.40. The smallest absolute Gasteiger partial charge is 0.239 e. The molecule has 0 saturated carbocycles. The number of aliphatic hydroxyl groups is 1. The highest BCUT2D eigenvalue weighted by molar-refractivity contribution is 5.88. The Balaban J connectivity index is 2.17. The van der Waals surface area contributed by atoms with E-state index in [9.17, 15) is 8.87 Å². The number of anilines is 1. The number of benzene rings is 1. The first-order valence-electron chi connectivity index (χ1n) is 5.33. The van der Waals surface area contributed by atoms with E-state index in [1.54, 1.807) is 12.1 Å². The number of para-hydroxylation sites is 1. The highest BCUT2D eigenvalue weighted by Gasteiger charge is 2.13. The Kier molecular flexibility index (Phi) is 3.73. The number of hydrogen-bond acceptors (Lipinski definition) is 5. The van der Waals surface area contributed by atoms with Crippen LogP contribution in [0.1, 0.15) is 5.56 Å². The number of hydrazine groups is 1. The molecule has 0 unspecified atom stereocenters. The first kappa shape index (κ1) is 12.3. The van der Waals surface area contributed by atoms with E-state index in [4.69, 9.17) is 5.11 Å². The number of nitrogens with zero attached hydrogens (tertiary/aromatic N) is 2. The van der Waals surface area contributed by atoms with E-state index in [2.05, 4.69) is 15.8 Å². The largest absolute Gasteiger partial charge is 0.396 e. The van der Waals surface area contributed by atoms with Crippen molar-refractivity contribution in [3.8, 4) is 0 Å². The van der Waals surface area contributed by atoms with Crippen molar-refractivity contribution < 1.29 is 14.0 Å². The molecule has 0 fully saturated rings. The fourth-order valence-corrected chi connectivity index (χ4v) is 1.58. The number of rotatable bonds is 4. The fourth-order valence-electron chi connectivity index (χ4n) is 1.58. The molecule has 1 aromatic rings. The zero-order chi connectivity index (χ0) is 13.0. The second-order valence-corrected chi connectivity index (χ2v) is 3.61. The van der Waals surface area contributed by atoms with Gasteiger partial charge in [-0.25, -0.2) is 5.43 Å². The molecule has 0 radical (unpaired) electrons. The summed E-state index contributed by atoms with van der Waals surface area (Å²) in [5, 5.41) is 14.4. The van der Waals surface area contributed by atoms with E-state index in [1.165, 1.54) is 0 Å². The van der Waals surface area contributed by atoms with Crippen LogP contribution in [0, 0.1) is 0 Å². The predicted molar refractivity (Wildman–Crippen MR) is 63.6 cm³/mol. The van der Waals surface area contributed by atoms with Crippen LogP contribution in [0.2, 0.25) is 0 Å². The van der Waals surface area contributed by atoms with Crippen molar-refractivity contribution >= 4 is 11.7 Å². The van der Waals surface area contributed by atoms with E-state index in [1.807, 2.05) is 12.1 Å². The molecule has 5 nitrogen and oxygen atoms in total. The number of allylic oxidation sites excluding steroid dienone is 1. The average Bonchev–Trinajstić information content (AvgIpc) is 2.30. The first-order valence-corrected chi connectivity index (χ1v) is 5.33. The van der Waals surface area contributed by atoms with Crippen LogP contribution in [-0.2, 0) is 6.42 Å². The minimum atomic E-state index is -0.946.